The van der Waals surface area contributed by atoms with E-state index in [0.717, 1.165) is 4.34 Å². The molecule has 0 spiro atoms. The molecule has 2 heterocycles. The molecular weight excluding hydrogens is 272 g/mol. The number of ether oxygens (including phenoxy) is 1. The van der Waals surface area contributed by atoms with Crippen molar-refractivity contribution in [1.29, 1.82) is 0 Å². The first kappa shape index (κ1) is 13.8. The Hall–Kier alpha value is -0.630. The zero-order chi connectivity index (χ0) is 13.1. The van der Waals surface area contributed by atoms with Crippen molar-refractivity contribution in [1.82, 2.24) is 9.88 Å². The lowest BCUT2D eigenvalue weighted by molar-refractivity contribution is 0.0515. The molecule has 1 aliphatic rings. The van der Waals surface area contributed by atoms with Crippen molar-refractivity contribution in [3.05, 3.63) is 11.1 Å². The minimum absolute atomic E-state index is 0.136. The molecule has 18 heavy (non-hydrogen) atoms. The number of carbonyl (C=O) groups is 1. The molecule has 0 bridgehead atoms. The van der Waals surface area contributed by atoms with Gasteiger partial charge in [-0.3, -0.25) is 4.79 Å². The molecule has 1 aromatic rings. The summed E-state index contributed by atoms with van der Waals surface area (Å²) in [6, 6.07) is -0.262. The molecule has 1 aliphatic heterocycles. The minimum atomic E-state index is -0.604. The Balaban J connectivity index is 2.14. The Labute approximate surface area is 114 Å². The van der Waals surface area contributed by atoms with E-state index >= 15 is 0 Å². The van der Waals surface area contributed by atoms with Gasteiger partial charge in [0.2, 0.25) is 0 Å². The summed E-state index contributed by atoms with van der Waals surface area (Å²) >= 11 is 2.98. The van der Waals surface area contributed by atoms with Crippen LogP contribution in [-0.4, -0.2) is 59.1 Å². The number of hydrogen-bond donors (Lipinski definition) is 1. The normalized spacial score (nSPS) is 23.3. The predicted molar refractivity (Wildman–Crippen MR) is 71.2 cm³/mol. The summed E-state index contributed by atoms with van der Waals surface area (Å²) < 4.78 is 6.07. The first-order chi connectivity index (χ1) is 8.67. The van der Waals surface area contributed by atoms with E-state index in [-0.39, 0.29) is 11.9 Å². The van der Waals surface area contributed by atoms with Crippen molar-refractivity contribution < 1.29 is 14.6 Å². The van der Waals surface area contributed by atoms with Crippen LogP contribution in [-0.2, 0) is 4.74 Å². The number of rotatable bonds is 4. The standard InChI is InChI=1S/C11H16N2O3S2/c1-3-13(8-4-16-5-9(8)14)10(15)7-6-18-11(12-7)17-2/h6,8-9,14H,3-5H2,1-2H3/t8-,9-/m1/s1. The average molecular weight is 288 g/mol. The molecule has 1 fully saturated rings. The summed E-state index contributed by atoms with van der Waals surface area (Å²) in [4.78, 5) is 18.2. The number of carbonyl (C=O) groups excluding carboxylic acids is 1. The van der Waals surface area contributed by atoms with Gasteiger partial charge < -0.3 is 14.7 Å². The topological polar surface area (TPSA) is 62.7 Å². The minimum Gasteiger partial charge on any atom is -0.388 e. The number of thioether (sulfide) groups is 1. The summed E-state index contributed by atoms with van der Waals surface area (Å²) in [5.41, 5.74) is 0.449. The van der Waals surface area contributed by atoms with Gasteiger partial charge in [0.05, 0.1) is 25.4 Å². The molecule has 1 aromatic heterocycles. The monoisotopic (exact) mass is 288 g/mol. The number of aromatic nitrogens is 1. The van der Waals surface area contributed by atoms with Gasteiger partial charge in [-0.15, -0.1) is 11.3 Å². The van der Waals surface area contributed by atoms with Gasteiger partial charge in [0.15, 0.2) is 0 Å². The zero-order valence-corrected chi connectivity index (χ0v) is 12.0. The zero-order valence-electron chi connectivity index (χ0n) is 10.3. The average Bonchev–Trinajstić information content (AvgIpc) is 2.99. The highest BCUT2D eigenvalue weighted by atomic mass is 32.2. The van der Waals surface area contributed by atoms with Crippen LogP contribution in [0.25, 0.3) is 0 Å². The Morgan fingerprint density at radius 3 is 3.00 bits per heavy atom. The van der Waals surface area contributed by atoms with Crippen LogP contribution in [0.4, 0.5) is 0 Å². The van der Waals surface area contributed by atoms with Crippen LogP contribution < -0.4 is 0 Å². The highest BCUT2D eigenvalue weighted by molar-refractivity contribution is 8.00. The number of thiazole rings is 1. The molecule has 1 amide bonds. The van der Waals surface area contributed by atoms with E-state index < -0.39 is 6.10 Å². The maximum absolute atomic E-state index is 12.3. The van der Waals surface area contributed by atoms with E-state index in [1.165, 1.54) is 23.1 Å². The molecule has 0 aromatic carbocycles. The lowest BCUT2D eigenvalue weighted by Gasteiger charge is -2.28. The number of hydrogen-bond acceptors (Lipinski definition) is 6. The first-order valence-corrected chi connectivity index (χ1v) is 7.84. The molecule has 1 saturated heterocycles. The van der Waals surface area contributed by atoms with Gasteiger partial charge in [0.25, 0.3) is 5.91 Å². The van der Waals surface area contributed by atoms with Gasteiger partial charge in [-0.2, -0.15) is 0 Å². The van der Waals surface area contributed by atoms with Crippen LogP contribution in [0.5, 0.6) is 0 Å². The summed E-state index contributed by atoms with van der Waals surface area (Å²) in [6.07, 6.45) is 1.33. The van der Waals surface area contributed by atoms with Crippen LogP contribution in [0.1, 0.15) is 17.4 Å². The second-order valence-electron chi connectivity index (χ2n) is 3.97. The van der Waals surface area contributed by atoms with Gasteiger partial charge in [-0.25, -0.2) is 4.98 Å². The quantitative estimate of drug-likeness (QED) is 0.840. The number of aliphatic hydroxyl groups excluding tert-OH is 1. The van der Waals surface area contributed by atoms with Crippen LogP contribution in [0.2, 0.25) is 0 Å². The van der Waals surface area contributed by atoms with Crippen LogP contribution in [0.15, 0.2) is 9.72 Å². The number of likely N-dealkylation sites (N-methyl/N-ethyl adjacent to an activating group) is 1. The number of amides is 1. The predicted octanol–water partition coefficient (Wildman–Crippen LogP) is 1.09. The van der Waals surface area contributed by atoms with Gasteiger partial charge >= 0.3 is 0 Å². The van der Waals surface area contributed by atoms with E-state index in [0.29, 0.717) is 25.5 Å². The van der Waals surface area contributed by atoms with E-state index in [1.54, 1.807) is 10.3 Å². The van der Waals surface area contributed by atoms with E-state index in [4.69, 9.17) is 4.74 Å². The highest BCUT2D eigenvalue weighted by Crippen LogP contribution is 2.22. The molecule has 0 saturated carbocycles. The fourth-order valence-corrected chi connectivity index (χ4v) is 3.19. The molecule has 0 aliphatic carbocycles. The third-order valence-corrected chi connectivity index (χ3v) is 4.76. The molecule has 5 nitrogen and oxygen atoms in total. The van der Waals surface area contributed by atoms with Gasteiger partial charge in [-0.05, 0) is 13.2 Å². The van der Waals surface area contributed by atoms with Crippen molar-refractivity contribution in [3.8, 4) is 0 Å². The number of aliphatic hydroxyl groups is 1. The highest BCUT2D eigenvalue weighted by Gasteiger charge is 2.34. The second kappa shape index (κ2) is 6.01. The first-order valence-electron chi connectivity index (χ1n) is 5.73. The van der Waals surface area contributed by atoms with Gasteiger partial charge in [-0.1, -0.05) is 11.8 Å². The van der Waals surface area contributed by atoms with Crippen molar-refractivity contribution in [2.75, 3.05) is 26.0 Å². The second-order valence-corrected chi connectivity index (χ2v) is 5.88. The molecule has 2 atom stereocenters. The largest absolute Gasteiger partial charge is 0.388 e. The fourth-order valence-electron chi connectivity index (χ4n) is 1.95. The SMILES string of the molecule is CCN(C(=O)c1csc(SC)n1)[C@@H]1COC[C@H]1O. The lowest BCUT2D eigenvalue weighted by atomic mass is 10.1. The Bertz CT molecular complexity index is 424. The third kappa shape index (κ3) is 2.69. The maximum Gasteiger partial charge on any atom is 0.273 e. The van der Waals surface area contributed by atoms with Gasteiger partial charge in [0, 0.05) is 11.9 Å². The molecule has 1 N–H and O–H groups in total. The summed E-state index contributed by atoms with van der Waals surface area (Å²) in [7, 11) is 0. The van der Waals surface area contributed by atoms with Gasteiger partial charge in [0.1, 0.15) is 10.0 Å². The Morgan fingerprint density at radius 1 is 1.72 bits per heavy atom. The van der Waals surface area contributed by atoms with Crippen molar-refractivity contribution in [2.45, 2.75) is 23.4 Å². The molecular formula is C11H16N2O3S2. The Kier molecular flexibility index (Phi) is 4.60. The summed E-state index contributed by atoms with van der Waals surface area (Å²) in [5.74, 6) is -0.136. The molecule has 0 radical (unpaired) electrons. The van der Waals surface area contributed by atoms with Crippen molar-refractivity contribution in [2.24, 2.45) is 0 Å². The van der Waals surface area contributed by atoms with E-state index in [9.17, 15) is 9.90 Å². The lowest BCUT2D eigenvalue weighted by Crippen LogP contribution is -2.46. The summed E-state index contributed by atoms with van der Waals surface area (Å²) in [5, 5.41) is 11.6. The third-order valence-electron chi connectivity index (χ3n) is 2.90. The Morgan fingerprint density at radius 2 is 2.50 bits per heavy atom. The van der Waals surface area contributed by atoms with Crippen molar-refractivity contribution in [3.63, 3.8) is 0 Å². The molecule has 0 unspecified atom stereocenters. The summed E-state index contributed by atoms with van der Waals surface area (Å²) in [6.45, 7) is 3.11. The van der Waals surface area contributed by atoms with E-state index in [1.807, 2.05) is 13.2 Å². The number of nitrogens with zero attached hydrogens (tertiary/aromatic N) is 2. The fraction of sp³-hybridized carbons (Fsp3) is 0.636. The van der Waals surface area contributed by atoms with E-state index in [2.05, 4.69) is 4.98 Å². The molecule has 7 heteroatoms. The maximum atomic E-state index is 12.3. The van der Waals surface area contributed by atoms with Crippen molar-refractivity contribution >= 4 is 29.0 Å². The molecule has 100 valence electrons. The smallest absolute Gasteiger partial charge is 0.273 e. The van der Waals surface area contributed by atoms with Crippen LogP contribution in [0.3, 0.4) is 0 Å². The molecule has 2 rings (SSSR count). The van der Waals surface area contributed by atoms with Crippen LogP contribution in [0, 0.1) is 0 Å². The van der Waals surface area contributed by atoms with Crippen LogP contribution >= 0.6 is 23.1 Å².